The summed E-state index contributed by atoms with van der Waals surface area (Å²) >= 11 is 6.47. The monoisotopic (exact) mass is 472 g/mol. The zero-order valence-electron chi connectivity index (χ0n) is 19.4. The first-order valence-electron chi connectivity index (χ1n) is 11.8. The van der Waals surface area contributed by atoms with Crippen molar-refractivity contribution in [2.24, 2.45) is 11.8 Å². The minimum atomic E-state index is -0.158. The normalized spacial score (nSPS) is 25.9. The number of carbonyl (C=O) groups is 1. The summed E-state index contributed by atoms with van der Waals surface area (Å²) in [5, 5.41) is 7.24. The average molecular weight is 473 g/mol. The van der Waals surface area contributed by atoms with Crippen LogP contribution in [0.1, 0.15) is 32.4 Å². The van der Waals surface area contributed by atoms with E-state index in [2.05, 4.69) is 29.5 Å². The number of hydrogen-bond acceptors (Lipinski definition) is 7. The van der Waals surface area contributed by atoms with Crippen molar-refractivity contribution in [2.45, 2.75) is 45.3 Å². The smallest absolute Gasteiger partial charge is 0.145 e. The topological polar surface area (TPSA) is 85.4 Å². The molecule has 0 saturated carbocycles. The first-order valence-corrected chi connectivity index (χ1v) is 12.2. The van der Waals surface area contributed by atoms with Crippen LogP contribution in [0.2, 0.25) is 5.02 Å². The van der Waals surface area contributed by atoms with Gasteiger partial charge in [0.05, 0.1) is 42.1 Å². The SMILES string of the molecule is C[C@@H]1CC(CNc2cccc(-c3cc(CC(=O)C4CNCCOC4)ncc3Cl)n2)C[C@H](C)O1. The number of pyridine rings is 2. The molecule has 4 atom stereocenters. The highest BCUT2D eigenvalue weighted by molar-refractivity contribution is 6.33. The summed E-state index contributed by atoms with van der Waals surface area (Å²) in [4.78, 5) is 21.9. The van der Waals surface area contributed by atoms with E-state index >= 15 is 0 Å². The molecule has 2 saturated heterocycles. The Morgan fingerprint density at radius 3 is 2.91 bits per heavy atom. The fourth-order valence-corrected chi connectivity index (χ4v) is 4.85. The molecule has 2 aromatic rings. The third-order valence-corrected chi connectivity index (χ3v) is 6.55. The quantitative estimate of drug-likeness (QED) is 0.634. The summed E-state index contributed by atoms with van der Waals surface area (Å²) in [5.74, 6) is 1.33. The van der Waals surface area contributed by atoms with Gasteiger partial charge in [0.15, 0.2) is 0 Å². The summed E-state index contributed by atoms with van der Waals surface area (Å²) in [6, 6.07) is 7.74. The van der Waals surface area contributed by atoms with Crippen molar-refractivity contribution in [2.75, 3.05) is 38.2 Å². The van der Waals surface area contributed by atoms with Gasteiger partial charge in [-0.1, -0.05) is 17.7 Å². The van der Waals surface area contributed by atoms with E-state index in [1.165, 1.54) is 0 Å². The lowest BCUT2D eigenvalue weighted by Gasteiger charge is -2.32. The van der Waals surface area contributed by atoms with Gasteiger partial charge < -0.3 is 20.1 Å². The molecule has 0 aromatic carbocycles. The highest BCUT2D eigenvalue weighted by Gasteiger charge is 2.24. The minimum absolute atomic E-state index is 0.119. The Morgan fingerprint density at radius 1 is 1.27 bits per heavy atom. The number of nitrogens with zero attached hydrogens (tertiary/aromatic N) is 2. The summed E-state index contributed by atoms with van der Waals surface area (Å²) in [7, 11) is 0. The Bertz CT molecular complexity index is 939. The minimum Gasteiger partial charge on any atom is -0.379 e. The molecule has 0 aliphatic carbocycles. The van der Waals surface area contributed by atoms with E-state index in [-0.39, 0.29) is 30.3 Å². The van der Waals surface area contributed by atoms with E-state index in [1.807, 2.05) is 24.3 Å². The number of carbonyl (C=O) groups excluding carboxylic acids is 1. The van der Waals surface area contributed by atoms with Crippen LogP contribution >= 0.6 is 11.6 Å². The summed E-state index contributed by atoms with van der Waals surface area (Å²) in [5.41, 5.74) is 2.23. The molecule has 33 heavy (non-hydrogen) atoms. The molecule has 8 heteroatoms. The number of nitrogens with one attached hydrogen (secondary N) is 2. The van der Waals surface area contributed by atoms with E-state index < -0.39 is 0 Å². The van der Waals surface area contributed by atoms with Gasteiger partial charge in [-0.05, 0) is 50.8 Å². The second-order valence-corrected chi connectivity index (χ2v) is 9.57. The maximum atomic E-state index is 12.8. The number of anilines is 1. The largest absolute Gasteiger partial charge is 0.379 e. The molecule has 0 spiro atoms. The lowest BCUT2D eigenvalue weighted by Crippen LogP contribution is -2.32. The van der Waals surface area contributed by atoms with Crippen molar-refractivity contribution >= 4 is 23.2 Å². The van der Waals surface area contributed by atoms with Crippen molar-refractivity contribution in [3.8, 4) is 11.3 Å². The number of ether oxygens (including phenoxy) is 2. The standard InChI is InChI=1S/C25H33ClN4O3/c1-16-8-18(9-17(2)33-16)12-29-25-5-3-4-23(30-25)21-10-20(28-14-22(21)26)11-24(31)19-13-27-6-7-32-15-19/h3-5,10,14,16-19,27H,6-9,11-13,15H2,1-2H3,(H,29,30)/t16-,17+,18?,19?. The van der Waals surface area contributed by atoms with Crippen LogP contribution in [0.3, 0.4) is 0 Å². The fourth-order valence-electron chi connectivity index (χ4n) is 4.65. The number of hydrogen-bond donors (Lipinski definition) is 2. The molecular formula is C25H33ClN4O3. The van der Waals surface area contributed by atoms with Crippen LogP contribution in [0.5, 0.6) is 0 Å². The average Bonchev–Trinajstić information content (AvgIpc) is 3.08. The Morgan fingerprint density at radius 2 is 2.09 bits per heavy atom. The maximum absolute atomic E-state index is 12.8. The highest BCUT2D eigenvalue weighted by Crippen LogP contribution is 2.29. The molecule has 0 bridgehead atoms. The van der Waals surface area contributed by atoms with Gasteiger partial charge in [0.25, 0.3) is 0 Å². The fraction of sp³-hybridized carbons (Fsp3) is 0.560. The highest BCUT2D eigenvalue weighted by atomic mass is 35.5. The predicted molar refractivity (Wildman–Crippen MR) is 130 cm³/mol. The van der Waals surface area contributed by atoms with Gasteiger partial charge in [-0.2, -0.15) is 0 Å². The first-order chi connectivity index (χ1) is 16.0. The predicted octanol–water partition coefficient (Wildman–Crippen LogP) is 3.76. The third kappa shape index (κ3) is 6.73. The van der Waals surface area contributed by atoms with Crippen molar-refractivity contribution < 1.29 is 14.3 Å². The Hall–Kier alpha value is -2.06. The Balaban J connectivity index is 1.43. The zero-order chi connectivity index (χ0) is 23.2. The van der Waals surface area contributed by atoms with E-state index in [0.29, 0.717) is 36.4 Å². The van der Waals surface area contributed by atoms with Gasteiger partial charge in [0.2, 0.25) is 0 Å². The molecule has 0 amide bonds. The number of aromatic nitrogens is 2. The number of rotatable bonds is 7. The molecule has 4 heterocycles. The zero-order valence-corrected chi connectivity index (χ0v) is 20.1. The van der Waals surface area contributed by atoms with E-state index in [1.54, 1.807) is 6.20 Å². The van der Waals surface area contributed by atoms with Gasteiger partial charge in [-0.25, -0.2) is 4.98 Å². The second kappa shape index (κ2) is 11.4. The first kappa shape index (κ1) is 24.1. The lowest BCUT2D eigenvalue weighted by atomic mass is 9.92. The molecule has 2 aromatic heterocycles. The van der Waals surface area contributed by atoms with E-state index in [9.17, 15) is 4.79 Å². The third-order valence-electron chi connectivity index (χ3n) is 6.25. The molecule has 2 aliphatic heterocycles. The Labute approximate surface area is 200 Å². The van der Waals surface area contributed by atoms with Crippen molar-refractivity contribution in [1.29, 1.82) is 0 Å². The number of halogens is 1. The summed E-state index contributed by atoms with van der Waals surface area (Å²) in [6.07, 6.45) is 4.53. The molecule has 2 unspecified atom stereocenters. The number of ketones is 1. The lowest BCUT2D eigenvalue weighted by molar-refractivity contribution is -0.123. The maximum Gasteiger partial charge on any atom is 0.145 e. The number of Topliss-reactive ketones (excluding diaryl/α,β-unsaturated/α-hetero) is 1. The Kier molecular flexibility index (Phi) is 8.30. The molecule has 2 fully saturated rings. The van der Waals surface area contributed by atoms with Crippen molar-refractivity contribution in [1.82, 2.24) is 15.3 Å². The molecular weight excluding hydrogens is 440 g/mol. The second-order valence-electron chi connectivity index (χ2n) is 9.16. The van der Waals surface area contributed by atoms with Crippen LogP contribution in [0.4, 0.5) is 5.82 Å². The summed E-state index contributed by atoms with van der Waals surface area (Å²) < 4.78 is 11.4. The molecule has 7 nitrogen and oxygen atoms in total. The van der Waals surface area contributed by atoms with Crippen LogP contribution < -0.4 is 10.6 Å². The molecule has 2 N–H and O–H groups in total. The molecule has 0 radical (unpaired) electrons. The van der Waals surface area contributed by atoms with E-state index in [4.69, 9.17) is 26.1 Å². The van der Waals surface area contributed by atoms with Crippen LogP contribution in [0.15, 0.2) is 30.5 Å². The molecule has 2 aliphatic rings. The van der Waals surface area contributed by atoms with Gasteiger partial charge >= 0.3 is 0 Å². The summed E-state index contributed by atoms with van der Waals surface area (Å²) in [6.45, 7) is 7.62. The van der Waals surface area contributed by atoms with Gasteiger partial charge in [0.1, 0.15) is 11.6 Å². The van der Waals surface area contributed by atoms with Crippen LogP contribution in [-0.2, 0) is 20.7 Å². The van der Waals surface area contributed by atoms with Crippen molar-refractivity contribution in [3.63, 3.8) is 0 Å². The van der Waals surface area contributed by atoms with E-state index in [0.717, 1.165) is 43.0 Å². The molecule has 178 valence electrons. The van der Waals surface area contributed by atoms with Gasteiger partial charge in [0, 0.05) is 43.5 Å². The molecule has 4 rings (SSSR count). The van der Waals surface area contributed by atoms with Gasteiger partial charge in [-0.15, -0.1) is 0 Å². The van der Waals surface area contributed by atoms with Gasteiger partial charge in [-0.3, -0.25) is 9.78 Å². The van der Waals surface area contributed by atoms with Crippen LogP contribution in [0.25, 0.3) is 11.3 Å². The van der Waals surface area contributed by atoms with Crippen LogP contribution in [0, 0.1) is 11.8 Å². The van der Waals surface area contributed by atoms with Crippen LogP contribution in [-0.4, -0.2) is 60.8 Å². The van der Waals surface area contributed by atoms with Crippen molar-refractivity contribution in [3.05, 3.63) is 41.2 Å².